The van der Waals surface area contributed by atoms with Gasteiger partial charge in [0.15, 0.2) is 5.13 Å². The molecule has 1 N–H and O–H groups in total. The van der Waals surface area contributed by atoms with E-state index in [0.717, 1.165) is 40.1 Å². The number of morpholine rings is 1. The van der Waals surface area contributed by atoms with Crippen LogP contribution in [0.15, 0.2) is 60.8 Å². The molecule has 0 unspecified atom stereocenters. The summed E-state index contributed by atoms with van der Waals surface area (Å²) in [6, 6.07) is 18.0. The number of nitrogens with one attached hydrogen (secondary N) is 1. The quantitative estimate of drug-likeness (QED) is 0.450. The van der Waals surface area contributed by atoms with Gasteiger partial charge in [0, 0.05) is 24.8 Å². The van der Waals surface area contributed by atoms with Crippen LogP contribution in [-0.4, -0.2) is 58.6 Å². The summed E-state index contributed by atoms with van der Waals surface area (Å²) in [6.45, 7) is 3.63. The number of hydrogen-bond acceptors (Lipinski definition) is 8. The maximum atomic E-state index is 12.4. The number of rotatable bonds is 7. The lowest BCUT2D eigenvalue weighted by atomic mass is 10.1. The van der Waals surface area contributed by atoms with Crippen molar-refractivity contribution in [3.8, 4) is 17.3 Å². The van der Waals surface area contributed by atoms with E-state index in [1.165, 1.54) is 11.3 Å². The van der Waals surface area contributed by atoms with Crippen molar-refractivity contribution in [3.63, 3.8) is 0 Å². The van der Waals surface area contributed by atoms with Crippen LogP contribution < -0.4 is 10.1 Å². The van der Waals surface area contributed by atoms with Crippen molar-refractivity contribution in [1.82, 2.24) is 19.9 Å². The zero-order valence-electron chi connectivity index (χ0n) is 17.9. The van der Waals surface area contributed by atoms with E-state index in [4.69, 9.17) is 9.47 Å². The van der Waals surface area contributed by atoms with E-state index in [9.17, 15) is 4.79 Å². The van der Waals surface area contributed by atoms with Crippen LogP contribution in [0.25, 0.3) is 21.5 Å². The van der Waals surface area contributed by atoms with E-state index in [-0.39, 0.29) is 5.91 Å². The molecule has 0 spiro atoms. The maximum Gasteiger partial charge on any atom is 0.317 e. The van der Waals surface area contributed by atoms with Gasteiger partial charge in [-0.2, -0.15) is 4.98 Å². The average Bonchev–Trinajstić information content (AvgIpc) is 3.25. The Hall–Kier alpha value is -3.40. The van der Waals surface area contributed by atoms with E-state index in [1.807, 2.05) is 54.6 Å². The summed E-state index contributed by atoms with van der Waals surface area (Å²) in [5.74, 6) is -0.0628. The Labute approximate surface area is 195 Å². The second-order valence-electron chi connectivity index (χ2n) is 7.64. The van der Waals surface area contributed by atoms with Crippen LogP contribution in [0.4, 0.5) is 5.13 Å². The smallest absolute Gasteiger partial charge is 0.317 e. The fourth-order valence-corrected chi connectivity index (χ4v) is 4.47. The molecular formula is C24H23N5O3S. The highest BCUT2D eigenvalue weighted by molar-refractivity contribution is 7.22. The lowest BCUT2D eigenvalue weighted by Crippen LogP contribution is -2.41. The van der Waals surface area contributed by atoms with Crippen LogP contribution >= 0.6 is 11.3 Å². The van der Waals surface area contributed by atoms with Gasteiger partial charge >= 0.3 is 6.01 Å². The summed E-state index contributed by atoms with van der Waals surface area (Å²) in [7, 11) is 0. The normalized spacial score (nSPS) is 14.3. The van der Waals surface area contributed by atoms with E-state index in [0.29, 0.717) is 37.5 Å². The third-order valence-corrected chi connectivity index (χ3v) is 6.18. The number of anilines is 1. The molecule has 9 heteroatoms. The molecule has 8 nitrogen and oxygen atoms in total. The van der Waals surface area contributed by atoms with Crippen molar-refractivity contribution in [1.29, 1.82) is 0 Å². The average molecular weight is 462 g/mol. The summed E-state index contributed by atoms with van der Waals surface area (Å²) in [6.07, 6.45) is 1.69. The summed E-state index contributed by atoms with van der Waals surface area (Å²) < 4.78 is 12.1. The first-order valence-electron chi connectivity index (χ1n) is 10.7. The fraction of sp³-hybridized carbons (Fsp3) is 0.250. The fourth-order valence-electron chi connectivity index (χ4n) is 3.55. The summed E-state index contributed by atoms with van der Waals surface area (Å²) in [5, 5.41) is 3.51. The number of hydrogen-bond donors (Lipinski definition) is 1. The van der Waals surface area contributed by atoms with Gasteiger partial charge in [0.05, 0.1) is 35.7 Å². The van der Waals surface area contributed by atoms with Crippen molar-refractivity contribution in [2.45, 2.75) is 6.61 Å². The molecule has 1 aliphatic rings. The summed E-state index contributed by atoms with van der Waals surface area (Å²) >= 11 is 1.45. The number of carbonyl (C=O) groups is 1. The van der Waals surface area contributed by atoms with E-state index >= 15 is 0 Å². The van der Waals surface area contributed by atoms with E-state index < -0.39 is 0 Å². The first-order valence-corrected chi connectivity index (χ1v) is 11.6. The zero-order valence-corrected chi connectivity index (χ0v) is 18.8. The van der Waals surface area contributed by atoms with Crippen molar-refractivity contribution in [3.05, 3.63) is 66.4 Å². The number of aromatic nitrogens is 3. The third-order valence-electron chi connectivity index (χ3n) is 5.25. The Morgan fingerprint density at radius 3 is 2.79 bits per heavy atom. The molecular weight excluding hydrogens is 438 g/mol. The molecule has 5 rings (SSSR count). The SMILES string of the molecule is O=C(CN1CCOCC1)Nc1nc2ccc(-c3ccnc(OCc4ccccc4)n3)cc2s1. The Kier molecular flexibility index (Phi) is 6.52. The van der Waals surface area contributed by atoms with Crippen molar-refractivity contribution < 1.29 is 14.3 Å². The first-order chi connectivity index (χ1) is 16.2. The van der Waals surface area contributed by atoms with Crippen LogP contribution in [0.1, 0.15) is 5.56 Å². The standard InChI is InChI=1S/C24H23N5O3S/c30-22(15-29-10-12-31-13-11-29)28-24-27-20-7-6-18(14-21(20)33-24)19-8-9-25-23(26-19)32-16-17-4-2-1-3-5-17/h1-9,14H,10-13,15-16H2,(H,27,28,30). The number of thiazole rings is 1. The van der Waals surface area contributed by atoms with Crippen LogP contribution in [0, 0.1) is 0 Å². The van der Waals surface area contributed by atoms with Gasteiger partial charge in [-0.1, -0.05) is 47.7 Å². The van der Waals surface area contributed by atoms with Crippen molar-refractivity contribution in [2.24, 2.45) is 0 Å². The second-order valence-corrected chi connectivity index (χ2v) is 8.67. The molecule has 2 aromatic heterocycles. The second kappa shape index (κ2) is 10.0. The Morgan fingerprint density at radius 2 is 1.94 bits per heavy atom. The van der Waals surface area contributed by atoms with Gasteiger partial charge in [-0.15, -0.1) is 0 Å². The van der Waals surface area contributed by atoms with Gasteiger partial charge in [-0.05, 0) is 23.8 Å². The van der Waals surface area contributed by atoms with Crippen LogP contribution in [-0.2, 0) is 16.1 Å². The minimum Gasteiger partial charge on any atom is -0.459 e. The number of nitrogens with zero attached hydrogens (tertiary/aromatic N) is 4. The molecule has 4 aromatic rings. The molecule has 1 amide bonds. The summed E-state index contributed by atoms with van der Waals surface area (Å²) in [4.78, 5) is 27.8. The van der Waals surface area contributed by atoms with Gasteiger partial charge in [0.25, 0.3) is 0 Å². The third kappa shape index (κ3) is 5.51. The van der Waals surface area contributed by atoms with E-state index in [1.54, 1.807) is 6.20 Å². The topological polar surface area (TPSA) is 89.5 Å². The number of fused-ring (bicyclic) bond motifs is 1. The molecule has 2 aromatic carbocycles. The van der Waals surface area contributed by atoms with Crippen LogP contribution in [0.5, 0.6) is 6.01 Å². The van der Waals surface area contributed by atoms with Gasteiger partial charge in [-0.25, -0.2) is 9.97 Å². The molecule has 0 saturated carbocycles. The molecule has 3 heterocycles. The highest BCUT2D eigenvalue weighted by Crippen LogP contribution is 2.30. The number of amides is 1. The molecule has 33 heavy (non-hydrogen) atoms. The molecule has 0 radical (unpaired) electrons. The molecule has 168 valence electrons. The minimum absolute atomic E-state index is 0.0628. The highest BCUT2D eigenvalue weighted by Gasteiger charge is 2.16. The molecule has 1 fully saturated rings. The van der Waals surface area contributed by atoms with Gasteiger partial charge in [0.1, 0.15) is 6.61 Å². The number of carbonyl (C=O) groups excluding carboxylic acids is 1. The lowest BCUT2D eigenvalue weighted by molar-refractivity contribution is -0.118. The van der Waals surface area contributed by atoms with Gasteiger partial charge in [-0.3, -0.25) is 9.69 Å². The number of benzene rings is 2. The predicted molar refractivity (Wildman–Crippen MR) is 127 cm³/mol. The Balaban J connectivity index is 1.27. The first kappa shape index (κ1) is 21.4. The number of ether oxygens (including phenoxy) is 2. The predicted octanol–water partition coefficient (Wildman–Crippen LogP) is 3.60. The molecule has 0 bridgehead atoms. The van der Waals surface area contributed by atoms with Crippen LogP contribution in [0.2, 0.25) is 0 Å². The molecule has 0 atom stereocenters. The highest BCUT2D eigenvalue weighted by atomic mass is 32.1. The van der Waals surface area contributed by atoms with Gasteiger partial charge < -0.3 is 14.8 Å². The van der Waals surface area contributed by atoms with Crippen molar-refractivity contribution in [2.75, 3.05) is 38.2 Å². The Morgan fingerprint density at radius 1 is 1.09 bits per heavy atom. The molecule has 1 saturated heterocycles. The lowest BCUT2D eigenvalue weighted by Gasteiger charge is -2.25. The zero-order chi connectivity index (χ0) is 22.5. The minimum atomic E-state index is -0.0628. The summed E-state index contributed by atoms with van der Waals surface area (Å²) in [5.41, 5.74) is 3.59. The molecule has 1 aliphatic heterocycles. The van der Waals surface area contributed by atoms with Gasteiger partial charge in [0.2, 0.25) is 5.91 Å². The maximum absolute atomic E-state index is 12.4. The largest absolute Gasteiger partial charge is 0.459 e. The monoisotopic (exact) mass is 461 g/mol. The van der Waals surface area contributed by atoms with E-state index in [2.05, 4.69) is 25.2 Å². The van der Waals surface area contributed by atoms with Crippen molar-refractivity contribution >= 4 is 32.6 Å². The molecule has 0 aliphatic carbocycles. The van der Waals surface area contributed by atoms with Crippen LogP contribution in [0.3, 0.4) is 0 Å². The Bertz CT molecular complexity index is 1240.